The summed E-state index contributed by atoms with van der Waals surface area (Å²) in [6, 6.07) is 7.93. The summed E-state index contributed by atoms with van der Waals surface area (Å²) in [5, 5.41) is 0.858. The first-order valence-corrected chi connectivity index (χ1v) is 6.53. The summed E-state index contributed by atoms with van der Waals surface area (Å²) in [6.07, 6.45) is 0.226. The molecule has 1 rings (SSSR count). The SMILES string of the molecule is CC(C)C(CBr)Oc1cccc(Br)c1. The Morgan fingerprint density at radius 1 is 1.36 bits per heavy atom. The number of rotatable bonds is 4. The standard InChI is InChI=1S/C11H14Br2O/c1-8(2)11(7-12)14-10-5-3-4-9(13)6-10/h3-6,8,11H,7H2,1-2H3. The van der Waals surface area contributed by atoms with Gasteiger partial charge in [-0.2, -0.15) is 0 Å². The lowest BCUT2D eigenvalue weighted by Gasteiger charge is -2.20. The zero-order chi connectivity index (χ0) is 10.6. The van der Waals surface area contributed by atoms with Crippen LogP contribution in [0.15, 0.2) is 28.7 Å². The van der Waals surface area contributed by atoms with Crippen LogP contribution in [0, 0.1) is 5.92 Å². The van der Waals surface area contributed by atoms with Crippen molar-refractivity contribution in [1.82, 2.24) is 0 Å². The highest BCUT2D eigenvalue weighted by atomic mass is 79.9. The molecule has 0 saturated carbocycles. The molecule has 0 fully saturated rings. The first-order chi connectivity index (χ1) is 6.63. The molecule has 0 aliphatic heterocycles. The quantitative estimate of drug-likeness (QED) is 0.753. The predicted molar refractivity (Wildman–Crippen MR) is 67.2 cm³/mol. The van der Waals surface area contributed by atoms with Gasteiger partial charge in [0.15, 0.2) is 0 Å². The van der Waals surface area contributed by atoms with Crippen molar-refractivity contribution in [1.29, 1.82) is 0 Å². The summed E-state index contributed by atoms with van der Waals surface area (Å²) < 4.78 is 6.88. The summed E-state index contributed by atoms with van der Waals surface area (Å²) in [4.78, 5) is 0. The van der Waals surface area contributed by atoms with Crippen LogP contribution in [0.25, 0.3) is 0 Å². The Labute approximate surface area is 102 Å². The molecule has 1 aromatic carbocycles. The van der Waals surface area contributed by atoms with E-state index in [9.17, 15) is 0 Å². The number of benzene rings is 1. The van der Waals surface area contributed by atoms with Gasteiger partial charge in [-0.25, -0.2) is 0 Å². The van der Waals surface area contributed by atoms with E-state index in [1.54, 1.807) is 0 Å². The molecule has 0 aliphatic carbocycles. The minimum absolute atomic E-state index is 0.226. The van der Waals surface area contributed by atoms with Gasteiger partial charge >= 0.3 is 0 Å². The van der Waals surface area contributed by atoms with Crippen molar-refractivity contribution in [3.05, 3.63) is 28.7 Å². The largest absolute Gasteiger partial charge is 0.489 e. The Kier molecular flexibility index (Phi) is 4.96. The summed E-state index contributed by atoms with van der Waals surface area (Å²) >= 11 is 6.88. The van der Waals surface area contributed by atoms with E-state index < -0.39 is 0 Å². The molecule has 0 radical (unpaired) electrons. The summed E-state index contributed by atoms with van der Waals surface area (Å²) in [5.74, 6) is 1.42. The molecular formula is C11H14Br2O. The van der Waals surface area contributed by atoms with Crippen LogP contribution in [0.2, 0.25) is 0 Å². The third-order valence-electron chi connectivity index (χ3n) is 1.98. The number of ether oxygens (including phenoxy) is 1. The van der Waals surface area contributed by atoms with Crippen molar-refractivity contribution in [2.24, 2.45) is 5.92 Å². The van der Waals surface area contributed by atoms with Crippen LogP contribution in [0.5, 0.6) is 5.75 Å². The number of hydrogen-bond donors (Lipinski definition) is 0. The smallest absolute Gasteiger partial charge is 0.120 e. The van der Waals surface area contributed by atoms with Gasteiger partial charge in [-0.1, -0.05) is 51.8 Å². The Morgan fingerprint density at radius 3 is 2.57 bits per heavy atom. The Bertz CT molecular complexity index is 286. The molecule has 0 heterocycles. The molecule has 0 aromatic heterocycles. The van der Waals surface area contributed by atoms with Gasteiger partial charge in [-0.3, -0.25) is 0 Å². The molecule has 1 aromatic rings. The molecule has 1 unspecified atom stereocenters. The van der Waals surface area contributed by atoms with E-state index in [2.05, 4.69) is 45.7 Å². The minimum Gasteiger partial charge on any atom is -0.489 e. The van der Waals surface area contributed by atoms with Crippen molar-refractivity contribution < 1.29 is 4.74 Å². The Hall–Kier alpha value is -0.0200. The third-order valence-corrected chi connectivity index (χ3v) is 3.11. The second kappa shape index (κ2) is 5.76. The van der Waals surface area contributed by atoms with Crippen molar-refractivity contribution in [3.8, 4) is 5.75 Å². The summed E-state index contributed by atoms with van der Waals surface area (Å²) in [6.45, 7) is 4.31. The van der Waals surface area contributed by atoms with E-state index in [-0.39, 0.29) is 6.10 Å². The van der Waals surface area contributed by atoms with E-state index >= 15 is 0 Å². The second-order valence-electron chi connectivity index (χ2n) is 3.51. The Morgan fingerprint density at radius 2 is 2.07 bits per heavy atom. The van der Waals surface area contributed by atoms with Gasteiger partial charge in [0.2, 0.25) is 0 Å². The molecule has 1 atom stereocenters. The fourth-order valence-electron chi connectivity index (χ4n) is 1.06. The van der Waals surface area contributed by atoms with Crippen molar-refractivity contribution >= 4 is 31.9 Å². The van der Waals surface area contributed by atoms with Gasteiger partial charge in [0.1, 0.15) is 11.9 Å². The van der Waals surface area contributed by atoms with Gasteiger partial charge in [-0.05, 0) is 24.1 Å². The molecule has 0 saturated heterocycles. The molecule has 78 valence electrons. The average Bonchev–Trinajstić information content (AvgIpc) is 2.14. The molecule has 14 heavy (non-hydrogen) atoms. The molecule has 3 heteroatoms. The van der Waals surface area contributed by atoms with Crippen molar-refractivity contribution in [3.63, 3.8) is 0 Å². The number of alkyl halides is 1. The van der Waals surface area contributed by atoms with E-state index in [0.29, 0.717) is 5.92 Å². The second-order valence-corrected chi connectivity index (χ2v) is 5.08. The molecule has 0 aliphatic rings. The molecule has 0 spiro atoms. The Balaban J connectivity index is 2.67. The minimum atomic E-state index is 0.226. The third kappa shape index (κ3) is 3.62. The molecule has 0 N–H and O–H groups in total. The fraction of sp³-hybridized carbons (Fsp3) is 0.455. The molecule has 1 nitrogen and oxygen atoms in total. The first-order valence-electron chi connectivity index (χ1n) is 4.61. The van der Waals surface area contributed by atoms with Gasteiger partial charge in [0.25, 0.3) is 0 Å². The van der Waals surface area contributed by atoms with Crippen LogP contribution in [-0.4, -0.2) is 11.4 Å². The zero-order valence-corrected chi connectivity index (χ0v) is 11.5. The lowest BCUT2D eigenvalue weighted by Crippen LogP contribution is -2.24. The fourth-order valence-corrected chi connectivity index (χ4v) is 2.32. The van der Waals surface area contributed by atoms with E-state index in [1.807, 2.05) is 24.3 Å². The van der Waals surface area contributed by atoms with Gasteiger partial charge in [0.05, 0.1) is 0 Å². The number of hydrogen-bond acceptors (Lipinski definition) is 1. The average molecular weight is 322 g/mol. The van der Waals surface area contributed by atoms with Gasteiger partial charge in [-0.15, -0.1) is 0 Å². The normalized spacial score (nSPS) is 12.9. The zero-order valence-electron chi connectivity index (χ0n) is 8.34. The predicted octanol–water partition coefficient (Wildman–Crippen LogP) is 4.25. The maximum absolute atomic E-state index is 5.83. The topological polar surface area (TPSA) is 9.23 Å². The van der Waals surface area contributed by atoms with Crippen LogP contribution in [0.4, 0.5) is 0 Å². The van der Waals surface area contributed by atoms with Crippen LogP contribution < -0.4 is 4.74 Å². The summed E-state index contributed by atoms with van der Waals surface area (Å²) in [5.41, 5.74) is 0. The molecule has 0 amide bonds. The highest BCUT2D eigenvalue weighted by Gasteiger charge is 2.13. The molecule has 0 bridgehead atoms. The lowest BCUT2D eigenvalue weighted by molar-refractivity contribution is 0.176. The van der Waals surface area contributed by atoms with Crippen LogP contribution in [-0.2, 0) is 0 Å². The van der Waals surface area contributed by atoms with Crippen molar-refractivity contribution in [2.75, 3.05) is 5.33 Å². The van der Waals surface area contributed by atoms with E-state index in [1.165, 1.54) is 0 Å². The first kappa shape index (κ1) is 12.1. The van der Waals surface area contributed by atoms with Crippen LogP contribution >= 0.6 is 31.9 Å². The summed E-state index contributed by atoms with van der Waals surface area (Å²) in [7, 11) is 0. The maximum atomic E-state index is 5.83. The monoisotopic (exact) mass is 320 g/mol. The number of halogens is 2. The van der Waals surface area contributed by atoms with Gasteiger partial charge in [0, 0.05) is 9.80 Å². The highest BCUT2D eigenvalue weighted by Crippen LogP contribution is 2.21. The van der Waals surface area contributed by atoms with E-state index in [0.717, 1.165) is 15.6 Å². The van der Waals surface area contributed by atoms with Gasteiger partial charge < -0.3 is 4.74 Å². The molecular weight excluding hydrogens is 308 g/mol. The van der Waals surface area contributed by atoms with E-state index in [4.69, 9.17) is 4.74 Å². The van der Waals surface area contributed by atoms with Crippen LogP contribution in [0.3, 0.4) is 0 Å². The van der Waals surface area contributed by atoms with Crippen LogP contribution in [0.1, 0.15) is 13.8 Å². The van der Waals surface area contributed by atoms with Crippen molar-refractivity contribution in [2.45, 2.75) is 20.0 Å². The highest BCUT2D eigenvalue weighted by molar-refractivity contribution is 9.10. The lowest BCUT2D eigenvalue weighted by atomic mass is 10.1. The maximum Gasteiger partial charge on any atom is 0.120 e.